The summed E-state index contributed by atoms with van der Waals surface area (Å²) in [5.41, 5.74) is 4.64. The molecule has 21 heavy (non-hydrogen) atoms. The molecule has 0 aliphatic carbocycles. The van der Waals surface area contributed by atoms with E-state index in [1.807, 2.05) is 13.0 Å². The predicted molar refractivity (Wildman–Crippen MR) is 74.3 cm³/mol. The first-order valence-electron chi connectivity index (χ1n) is 6.40. The van der Waals surface area contributed by atoms with Crippen molar-refractivity contribution in [3.8, 4) is 0 Å². The number of aryl methyl sites for hydroxylation is 2. The second-order valence-electron chi connectivity index (χ2n) is 4.85. The average molecular weight is 295 g/mol. The van der Waals surface area contributed by atoms with Crippen LogP contribution >= 0.6 is 0 Å². The Bertz CT molecular complexity index is 638. The van der Waals surface area contributed by atoms with E-state index < -0.39 is 17.8 Å². The van der Waals surface area contributed by atoms with Gasteiger partial charge in [-0.3, -0.25) is 10.8 Å². The van der Waals surface area contributed by atoms with Crippen molar-refractivity contribution in [3.63, 3.8) is 0 Å². The summed E-state index contributed by atoms with van der Waals surface area (Å²) in [5, 5.41) is 0. The molecule has 0 aliphatic rings. The molecule has 2 rings (SSSR count). The maximum atomic E-state index is 12.8. The first-order valence-corrected chi connectivity index (χ1v) is 6.40. The molecule has 0 saturated carbocycles. The molecule has 0 saturated heterocycles. The molecule has 0 amide bonds. The lowest BCUT2D eigenvalue weighted by atomic mass is 9.96. The van der Waals surface area contributed by atoms with Crippen LogP contribution < -0.4 is 11.3 Å². The zero-order valence-corrected chi connectivity index (χ0v) is 11.7. The lowest BCUT2D eigenvalue weighted by molar-refractivity contribution is -0.137. The smallest absolute Gasteiger partial charge is 0.271 e. The number of pyridine rings is 1. The number of halogens is 3. The molecular weight excluding hydrogens is 279 g/mol. The number of nitrogens with two attached hydrogens (primary N) is 1. The number of aromatic nitrogens is 1. The first kappa shape index (κ1) is 15.5. The molecule has 1 heterocycles. The lowest BCUT2D eigenvalue weighted by Crippen LogP contribution is -2.29. The van der Waals surface area contributed by atoms with Gasteiger partial charge >= 0.3 is 6.18 Å². The van der Waals surface area contributed by atoms with Crippen LogP contribution in [0.2, 0.25) is 0 Å². The number of rotatable bonds is 3. The highest BCUT2D eigenvalue weighted by Gasteiger charge is 2.31. The van der Waals surface area contributed by atoms with Gasteiger partial charge in [0.2, 0.25) is 0 Å². The Labute approximate surface area is 121 Å². The fraction of sp³-hybridized carbons (Fsp3) is 0.267. The molecule has 1 unspecified atom stereocenters. The van der Waals surface area contributed by atoms with Gasteiger partial charge in [0, 0.05) is 11.4 Å². The summed E-state index contributed by atoms with van der Waals surface area (Å²) in [7, 11) is 0. The number of alkyl halides is 3. The van der Waals surface area contributed by atoms with Crippen LogP contribution in [0.25, 0.3) is 0 Å². The van der Waals surface area contributed by atoms with E-state index in [4.69, 9.17) is 5.84 Å². The Hall–Kier alpha value is -1.92. The number of nitrogens with one attached hydrogen (secondary N) is 1. The first-order chi connectivity index (χ1) is 9.82. The van der Waals surface area contributed by atoms with Crippen molar-refractivity contribution in [1.29, 1.82) is 0 Å². The molecule has 2 aromatic rings. The van der Waals surface area contributed by atoms with Crippen LogP contribution in [0.5, 0.6) is 0 Å². The standard InChI is InChI=1S/C15H16F3N3/c1-9-6-7-13(10(2)20-9)14(21-19)11-4-3-5-12(8-11)15(16,17)18/h3-8,14,21H,19H2,1-2H3. The SMILES string of the molecule is Cc1ccc(C(NN)c2cccc(C(F)(F)F)c2)c(C)n1. The molecular formula is C15H16F3N3. The van der Waals surface area contributed by atoms with Gasteiger partial charge in [-0.25, -0.2) is 5.43 Å². The molecule has 6 heteroatoms. The minimum atomic E-state index is -4.38. The number of nitrogens with zero attached hydrogens (tertiary/aromatic N) is 1. The van der Waals surface area contributed by atoms with Gasteiger partial charge in [0.15, 0.2) is 0 Å². The van der Waals surface area contributed by atoms with Crippen LogP contribution in [-0.2, 0) is 6.18 Å². The van der Waals surface area contributed by atoms with Crippen molar-refractivity contribution < 1.29 is 13.2 Å². The number of hydrogen-bond acceptors (Lipinski definition) is 3. The van der Waals surface area contributed by atoms with Crippen LogP contribution in [-0.4, -0.2) is 4.98 Å². The van der Waals surface area contributed by atoms with Crippen molar-refractivity contribution in [1.82, 2.24) is 10.4 Å². The van der Waals surface area contributed by atoms with Gasteiger partial charge in [0.1, 0.15) is 0 Å². The van der Waals surface area contributed by atoms with Gasteiger partial charge in [0.05, 0.1) is 11.6 Å². The molecule has 0 bridgehead atoms. The topological polar surface area (TPSA) is 50.9 Å². The van der Waals surface area contributed by atoms with E-state index in [0.717, 1.165) is 29.1 Å². The van der Waals surface area contributed by atoms with E-state index in [2.05, 4.69) is 10.4 Å². The third-order valence-corrected chi connectivity index (χ3v) is 3.29. The summed E-state index contributed by atoms with van der Waals surface area (Å²) in [6, 6.07) is 8.21. The summed E-state index contributed by atoms with van der Waals surface area (Å²) in [6.07, 6.45) is -4.38. The van der Waals surface area contributed by atoms with E-state index in [9.17, 15) is 13.2 Å². The molecule has 0 spiro atoms. The maximum absolute atomic E-state index is 12.8. The maximum Gasteiger partial charge on any atom is 0.416 e. The van der Waals surface area contributed by atoms with Crippen LogP contribution in [0.1, 0.15) is 34.1 Å². The lowest BCUT2D eigenvalue weighted by Gasteiger charge is -2.20. The summed E-state index contributed by atoms with van der Waals surface area (Å²) >= 11 is 0. The van der Waals surface area contributed by atoms with E-state index in [0.29, 0.717) is 5.56 Å². The third kappa shape index (κ3) is 3.40. The van der Waals surface area contributed by atoms with Crippen molar-refractivity contribution in [2.45, 2.75) is 26.1 Å². The molecule has 112 valence electrons. The highest BCUT2D eigenvalue weighted by molar-refractivity contribution is 5.37. The minimum Gasteiger partial charge on any atom is -0.271 e. The third-order valence-electron chi connectivity index (χ3n) is 3.29. The number of hydrazine groups is 1. The average Bonchev–Trinajstić information content (AvgIpc) is 2.41. The van der Waals surface area contributed by atoms with Crippen molar-refractivity contribution >= 4 is 0 Å². The van der Waals surface area contributed by atoms with Gasteiger partial charge < -0.3 is 0 Å². The zero-order chi connectivity index (χ0) is 15.6. The van der Waals surface area contributed by atoms with Gasteiger partial charge in [-0.1, -0.05) is 18.2 Å². The molecule has 0 aliphatic heterocycles. The van der Waals surface area contributed by atoms with Gasteiger partial charge in [-0.05, 0) is 43.2 Å². The van der Waals surface area contributed by atoms with Crippen LogP contribution in [0.4, 0.5) is 13.2 Å². The number of benzene rings is 1. The Kier molecular flexibility index (Phi) is 4.29. The molecule has 3 N–H and O–H groups in total. The molecule has 1 aromatic carbocycles. The fourth-order valence-corrected chi connectivity index (χ4v) is 2.26. The van der Waals surface area contributed by atoms with Crippen molar-refractivity contribution in [3.05, 3.63) is 64.5 Å². The van der Waals surface area contributed by atoms with Crippen LogP contribution in [0.3, 0.4) is 0 Å². The quantitative estimate of drug-likeness (QED) is 0.675. The summed E-state index contributed by atoms with van der Waals surface area (Å²) < 4.78 is 38.4. The Balaban J connectivity index is 2.47. The van der Waals surface area contributed by atoms with Gasteiger partial charge in [0.25, 0.3) is 0 Å². The minimum absolute atomic E-state index is 0.445. The highest BCUT2D eigenvalue weighted by Crippen LogP contribution is 2.32. The Morgan fingerprint density at radius 2 is 1.86 bits per heavy atom. The van der Waals surface area contributed by atoms with Gasteiger partial charge in [-0.15, -0.1) is 0 Å². The second-order valence-corrected chi connectivity index (χ2v) is 4.85. The molecule has 0 radical (unpaired) electrons. The van der Waals surface area contributed by atoms with Crippen molar-refractivity contribution in [2.24, 2.45) is 5.84 Å². The van der Waals surface area contributed by atoms with Crippen LogP contribution in [0.15, 0.2) is 36.4 Å². The highest BCUT2D eigenvalue weighted by atomic mass is 19.4. The van der Waals surface area contributed by atoms with E-state index in [1.54, 1.807) is 19.1 Å². The normalized spacial score (nSPS) is 13.2. The number of hydrogen-bond donors (Lipinski definition) is 2. The molecule has 0 fully saturated rings. The molecule has 1 atom stereocenters. The zero-order valence-electron chi connectivity index (χ0n) is 11.7. The molecule has 3 nitrogen and oxygen atoms in total. The van der Waals surface area contributed by atoms with Crippen LogP contribution in [0, 0.1) is 13.8 Å². The summed E-state index contributed by atoms with van der Waals surface area (Å²) in [4.78, 5) is 4.32. The second kappa shape index (κ2) is 5.83. The van der Waals surface area contributed by atoms with Gasteiger partial charge in [-0.2, -0.15) is 13.2 Å². The predicted octanol–water partition coefficient (Wildman–Crippen LogP) is 3.27. The summed E-state index contributed by atoms with van der Waals surface area (Å²) in [5.74, 6) is 5.54. The van der Waals surface area contributed by atoms with E-state index >= 15 is 0 Å². The van der Waals surface area contributed by atoms with E-state index in [-0.39, 0.29) is 0 Å². The molecule has 1 aromatic heterocycles. The summed E-state index contributed by atoms with van der Waals surface area (Å²) in [6.45, 7) is 3.66. The Morgan fingerprint density at radius 1 is 1.14 bits per heavy atom. The van der Waals surface area contributed by atoms with Crippen molar-refractivity contribution in [2.75, 3.05) is 0 Å². The monoisotopic (exact) mass is 295 g/mol. The van der Waals surface area contributed by atoms with E-state index in [1.165, 1.54) is 6.07 Å². The largest absolute Gasteiger partial charge is 0.416 e. The Morgan fingerprint density at radius 3 is 2.43 bits per heavy atom. The fourth-order valence-electron chi connectivity index (χ4n) is 2.26.